The van der Waals surface area contributed by atoms with Gasteiger partial charge in [-0.1, -0.05) is 13.8 Å². The summed E-state index contributed by atoms with van der Waals surface area (Å²) in [5, 5.41) is 6.64. The second-order valence-electron chi connectivity index (χ2n) is 2.88. The van der Waals surface area contributed by atoms with Crippen LogP contribution in [0.4, 0.5) is 0 Å². The Morgan fingerprint density at radius 3 is 2.79 bits per heavy atom. The molecule has 0 aliphatic carbocycles. The van der Waals surface area contributed by atoms with Crippen molar-refractivity contribution in [1.82, 2.24) is 10.2 Å². The standard InChI is InChI=1S/C8H10N4.C2H6/c1-6-2-8(10-5-9-6)7-3-11-12-4-7;1-2/h3-6H,2H2,1H3,(H,11,12);1-2H3. The molecule has 2 heterocycles. The number of aromatic amines is 1. The molecule has 0 fully saturated rings. The minimum atomic E-state index is 0.340. The Kier molecular flexibility index (Phi) is 4.04. The Morgan fingerprint density at radius 2 is 2.21 bits per heavy atom. The Balaban J connectivity index is 0.000000461. The van der Waals surface area contributed by atoms with Gasteiger partial charge in [0.05, 0.1) is 18.0 Å². The van der Waals surface area contributed by atoms with Gasteiger partial charge in [0, 0.05) is 18.2 Å². The van der Waals surface area contributed by atoms with E-state index in [0.717, 1.165) is 17.7 Å². The van der Waals surface area contributed by atoms with Crippen molar-refractivity contribution in [1.29, 1.82) is 0 Å². The van der Waals surface area contributed by atoms with E-state index in [1.165, 1.54) is 0 Å². The molecule has 1 aromatic heterocycles. The van der Waals surface area contributed by atoms with Crippen molar-refractivity contribution >= 4 is 12.1 Å². The van der Waals surface area contributed by atoms with E-state index in [4.69, 9.17) is 0 Å². The van der Waals surface area contributed by atoms with Crippen LogP contribution in [0.2, 0.25) is 0 Å². The van der Waals surface area contributed by atoms with Crippen molar-refractivity contribution in [3.05, 3.63) is 18.0 Å². The number of hydrogen-bond acceptors (Lipinski definition) is 3. The molecule has 0 amide bonds. The topological polar surface area (TPSA) is 53.4 Å². The molecular formula is C10H16N4. The molecule has 0 bridgehead atoms. The first-order chi connectivity index (χ1) is 6.86. The van der Waals surface area contributed by atoms with E-state index < -0.39 is 0 Å². The van der Waals surface area contributed by atoms with Crippen LogP contribution in [0.5, 0.6) is 0 Å². The highest BCUT2D eigenvalue weighted by Gasteiger charge is 2.11. The fourth-order valence-electron chi connectivity index (χ4n) is 1.20. The molecule has 1 aliphatic heterocycles. The Labute approximate surface area is 84.2 Å². The normalized spacial score (nSPS) is 19.6. The molecule has 1 aliphatic rings. The molecule has 1 unspecified atom stereocenters. The maximum Gasteiger partial charge on any atom is 0.110 e. The van der Waals surface area contributed by atoms with Crippen LogP contribution in [0.15, 0.2) is 22.4 Å². The smallest absolute Gasteiger partial charge is 0.110 e. The second kappa shape index (κ2) is 5.32. The fraction of sp³-hybridized carbons (Fsp3) is 0.500. The zero-order chi connectivity index (χ0) is 10.4. The van der Waals surface area contributed by atoms with Crippen LogP contribution < -0.4 is 0 Å². The minimum absolute atomic E-state index is 0.340. The van der Waals surface area contributed by atoms with Crippen LogP contribution in [0, 0.1) is 0 Å². The zero-order valence-electron chi connectivity index (χ0n) is 8.86. The Bertz CT molecular complexity index is 311. The van der Waals surface area contributed by atoms with Gasteiger partial charge in [0.2, 0.25) is 0 Å². The van der Waals surface area contributed by atoms with Crippen LogP contribution in [-0.2, 0) is 0 Å². The largest absolute Gasteiger partial charge is 0.285 e. The fourth-order valence-corrected chi connectivity index (χ4v) is 1.20. The monoisotopic (exact) mass is 192 g/mol. The van der Waals surface area contributed by atoms with Crippen LogP contribution in [0.1, 0.15) is 32.8 Å². The average molecular weight is 192 g/mol. The van der Waals surface area contributed by atoms with E-state index in [-0.39, 0.29) is 0 Å². The lowest BCUT2D eigenvalue weighted by Crippen LogP contribution is -2.13. The summed E-state index contributed by atoms with van der Waals surface area (Å²) in [5.74, 6) is 0. The highest BCUT2D eigenvalue weighted by molar-refractivity contribution is 6.04. The van der Waals surface area contributed by atoms with E-state index in [9.17, 15) is 0 Å². The van der Waals surface area contributed by atoms with Crippen molar-refractivity contribution in [2.75, 3.05) is 0 Å². The molecule has 1 aromatic rings. The summed E-state index contributed by atoms with van der Waals surface area (Å²) in [7, 11) is 0. The average Bonchev–Trinajstić information content (AvgIpc) is 2.74. The predicted molar refractivity (Wildman–Crippen MR) is 59.0 cm³/mol. The summed E-state index contributed by atoms with van der Waals surface area (Å²) in [4.78, 5) is 8.33. The van der Waals surface area contributed by atoms with Gasteiger partial charge in [-0.25, -0.2) is 4.99 Å². The van der Waals surface area contributed by atoms with Crippen molar-refractivity contribution in [3.63, 3.8) is 0 Å². The van der Waals surface area contributed by atoms with Gasteiger partial charge < -0.3 is 0 Å². The molecule has 0 saturated heterocycles. The van der Waals surface area contributed by atoms with Crippen LogP contribution >= 0.6 is 0 Å². The van der Waals surface area contributed by atoms with Crippen molar-refractivity contribution in [2.45, 2.75) is 33.2 Å². The molecule has 14 heavy (non-hydrogen) atoms. The molecule has 2 rings (SSSR count). The number of nitrogens with zero attached hydrogens (tertiary/aromatic N) is 3. The Morgan fingerprint density at radius 1 is 1.43 bits per heavy atom. The third kappa shape index (κ3) is 2.52. The van der Waals surface area contributed by atoms with Crippen molar-refractivity contribution < 1.29 is 0 Å². The highest BCUT2D eigenvalue weighted by atomic mass is 15.1. The number of hydrogen-bond donors (Lipinski definition) is 1. The van der Waals surface area contributed by atoms with Gasteiger partial charge in [0.1, 0.15) is 6.34 Å². The molecule has 1 atom stereocenters. The number of H-pyrrole nitrogens is 1. The molecule has 1 N–H and O–H groups in total. The minimum Gasteiger partial charge on any atom is -0.285 e. The lowest BCUT2D eigenvalue weighted by atomic mass is 10.1. The Hall–Kier alpha value is -1.45. The number of nitrogens with one attached hydrogen (secondary N) is 1. The summed E-state index contributed by atoms with van der Waals surface area (Å²) >= 11 is 0. The lowest BCUT2D eigenvalue weighted by Gasteiger charge is -2.10. The molecule has 4 heteroatoms. The SMILES string of the molecule is CC.CC1CC(c2cn[nH]c2)=NC=N1. The first-order valence-electron chi connectivity index (χ1n) is 4.94. The molecule has 0 radical (unpaired) electrons. The quantitative estimate of drug-likeness (QED) is 0.727. The number of aromatic nitrogens is 2. The number of rotatable bonds is 1. The first kappa shape index (κ1) is 10.6. The highest BCUT2D eigenvalue weighted by Crippen LogP contribution is 2.09. The van der Waals surface area contributed by atoms with Gasteiger partial charge in [0.15, 0.2) is 0 Å². The summed E-state index contributed by atoms with van der Waals surface area (Å²) in [6, 6.07) is 0.340. The van der Waals surface area contributed by atoms with Gasteiger partial charge in [-0.2, -0.15) is 5.10 Å². The summed E-state index contributed by atoms with van der Waals surface area (Å²) in [6.45, 7) is 6.07. The molecule has 0 aromatic carbocycles. The van der Waals surface area contributed by atoms with Crippen molar-refractivity contribution in [3.8, 4) is 0 Å². The third-order valence-electron chi connectivity index (χ3n) is 1.85. The van der Waals surface area contributed by atoms with Crippen LogP contribution in [0.25, 0.3) is 0 Å². The van der Waals surface area contributed by atoms with Gasteiger partial charge in [0.25, 0.3) is 0 Å². The van der Waals surface area contributed by atoms with E-state index in [1.54, 1.807) is 12.5 Å². The van der Waals surface area contributed by atoms with Gasteiger partial charge in [-0.3, -0.25) is 10.1 Å². The third-order valence-corrected chi connectivity index (χ3v) is 1.85. The maximum absolute atomic E-state index is 4.19. The van der Waals surface area contributed by atoms with Gasteiger partial charge in [-0.15, -0.1) is 0 Å². The summed E-state index contributed by atoms with van der Waals surface area (Å²) in [6.07, 6.45) is 6.15. The summed E-state index contributed by atoms with van der Waals surface area (Å²) in [5.41, 5.74) is 2.12. The molecule has 0 saturated carbocycles. The van der Waals surface area contributed by atoms with Crippen molar-refractivity contribution in [2.24, 2.45) is 9.98 Å². The second-order valence-corrected chi connectivity index (χ2v) is 2.88. The van der Waals surface area contributed by atoms with Crippen LogP contribution in [0.3, 0.4) is 0 Å². The van der Waals surface area contributed by atoms with Gasteiger partial charge >= 0.3 is 0 Å². The molecule has 4 nitrogen and oxygen atoms in total. The summed E-state index contributed by atoms with van der Waals surface area (Å²) < 4.78 is 0. The first-order valence-corrected chi connectivity index (χ1v) is 4.94. The maximum atomic E-state index is 4.19. The van der Waals surface area contributed by atoms with E-state index in [0.29, 0.717) is 6.04 Å². The van der Waals surface area contributed by atoms with E-state index in [2.05, 4.69) is 27.1 Å². The predicted octanol–water partition coefficient (Wildman–Crippen LogP) is 2.05. The van der Waals surface area contributed by atoms with Gasteiger partial charge in [-0.05, 0) is 6.92 Å². The van der Waals surface area contributed by atoms with Crippen LogP contribution in [-0.4, -0.2) is 28.3 Å². The van der Waals surface area contributed by atoms with E-state index in [1.807, 2.05) is 20.0 Å². The number of aliphatic imine (C=N–C) groups is 2. The lowest BCUT2D eigenvalue weighted by molar-refractivity contribution is 0.775. The molecular weight excluding hydrogens is 176 g/mol. The van der Waals surface area contributed by atoms with E-state index >= 15 is 0 Å². The molecule has 76 valence electrons. The molecule has 0 spiro atoms. The zero-order valence-corrected chi connectivity index (χ0v) is 8.86.